The van der Waals surface area contributed by atoms with E-state index in [4.69, 9.17) is 4.74 Å². The molecule has 4 rings (SSSR count). The third kappa shape index (κ3) is 6.26. The third-order valence-corrected chi connectivity index (χ3v) is 7.07. The van der Waals surface area contributed by atoms with E-state index in [1.807, 2.05) is 26.0 Å². The summed E-state index contributed by atoms with van der Waals surface area (Å²) >= 11 is 6.77. The number of nitro groups is 1. The van der Waals surface area contributed by atoms with Crippen molar-refractivity contribution >= 4 is 78.8 Å². The minimum Gasteiger partial charge on any atom is -0.481 e. The van der Waals surface area contributed by atoms with Gasteiger partial charge in [-0.1, -0.05) is 6.07 Å². The number of non-ortho nitro benzene ring substituents is 1. The van der Waals surface area contributed by atoms with Crippen LogP contribution in [0.2, 0.25) is 0 Å². The van der Waals surface area contributed by atoms with Crippen LogP contribution in [-0.2, 0) is 14.4 Å². The summed E-state index contributed by atoms with van der Waals surface area (Å²) in [6.07, 6.45) is 1.29. The van der Waals surface area contributed by atoms with Crippen molar-refractivity contribution in [2.75, 3.05) is 16.8 Å². The van der Waals surface area contributed by atoms with E-state index in [1.165, 1.54) is 18.2 Å². The van der Waals surface area contributed by atoms with Crippen LogP contribution in [0.3, 0.4) is 0 Å². The van der Waals surface area contributed by atoms with E-state index in [0.717, 1.165) is 23.3 Å². The van der Waals surface area contributed by atoms with Crippen molar-refractivity contribution in [3.8, 4) is 5.75 Å². The normalized spacial score (nSPS) is 14.2. The third-order valence-electron chi connectivity index (χ3n) is 5.89. The standard InChI is InChI=1S/C27H20Br2N4O7/c1-14-3-4-17(9-15(14)2)30-23(34)13-40-24-21(28)11-16(12-22(24)29)10-20-25(35)31-27(37)32(26(20)36)18-5-7-19(8-6-18)33(38)39/h3-12H,13H2,1-2H3,(H,30,34)(H,31,35,37)/b20-10-. The quantitative estimate of drug-likeness (QED) is 0.147. The summed E-state index contributed by atoms with van der Waals surface area (Å²) in [5.74, 6) is -1.85. The number of barbiturate groups is 1. The van der Waals surface area contributed by atoms with Crippen LogP contribution in [-0.4, -0.2) is 35.3 Å². The molecule has 0 aromatic heterocycles. The van der Waals surface area contributed by atoms with Crippen LogP contribution in [0.5, 0.6) is 5.75 Å². The van der Waals surface area contributed by atoms with Crippen LogP contribution in [0, 0.1) is 24.0 Å². The van der Waals surface area contributed by atoms with Crippen LogP contribution in [0.1, 0.15) is 16.7 Å². The number of carbonyl (C=O) groups is 4. The van der Waals surface area contributed by atoms with Crippen molar-refractivity contribution in [3.63, 3.8) is 0 Å². The molecule has 0 saturated carbocycles. The Balaban J connectivity index is 1.51. The van der Waals surface area contributed by atoms with Gasteiger partial charge < -0.3 is 10.1 Å². The van der Waals surface area contributed by atoms with Gasteiger partial charge in [0.1, 0.15) is 11.3 Å². The fraction of sp³-hybridized carbons (Fsp3) is 0.111. The minimum absolute atomic E-state index is 0.0525. The molecule has 0 bridgehead atoms. The van der Waals surface area contributed by atoms with Crippen molar-refractivity contribution in [2.45, 2.75) is 13.8 Å². The zero-order valence-corrected chi connectivity index (χ0v) is 24.2. The minimum atomic E-state index is -0.980. The molecule has 3 aromatic rings. The Hall–Kier alpha value is -4.36. The zero-order chi connectivity index (χ0) is 29.1. The van der Waals surface area contributed by atoms with Crippen molar-refractivity contribution in [1.29, 1.82) is 0 Å². The first-order valence-electron chi connectivity index (χ1n) is 11.6. The van der Waals surface area contributed by atoms with Crippen LogP contribution >= 0.6 is 31.9 Å². The smallest absolute Gasteiger partial charge is 0.335 e. The second kappa shape index (κ2) is 11.8. The fourth-order valence-electron chi connectivity index (χ4n) is 3.74. The molecule has 40 heavy (non-hydrogen) atoms. The van der Waals surface area contributed by atoms with E-state index in [9.17, 15) is 29.3 Å². The molecule has 13 heteroatoms. The molecule has 0 spiro atoms. The second-order valence-electron chi connectivity index (χ2n) is 8.68. The molecule has 1 aliphatic heterocycles. The van der Waals surface area contributed by atoms with Crippen molar-refractivity contribution in [1.82, 2.24) is 5.32 Å². The monoisotopic (exact) mass is 670 g/mol. The lowest BCUT2D eigenvalue weighted by Gasteiger charge is -2.26. The lowest BCUT2D eigenvalue weighted by atomic mass is 10.1. The van der Waals surface area contributed by atoms with Gasteiger partial charge in [0.05, 0.1) is 19.6 Å². The van der Waals surface area contributed by atoms with Crippen molar-refractivity contribution in [3.05, 3.63) is 95.9 Å². The van der Waals surface area contributed by atoms with Gasteiger partial charge in [0.15, 0.2) is 6.61 Å². The number of urea groups is 1. The molecule has 2 N–H and O–H groups in total. The summed E-state index contributed by atoms with van der Waals surface area (Å²) < 4.78 is 6.55. The first-order valence-corrected chi connectivity index (χ1v) is 13.2. The molecule has 1 fully saturated rings. The van der Waals surface area contributed by atoms with E-state index < -0.39 is 22.8 Å². The Morgan fingerprint density at radius 2 is 1.68 bits per heavy atom. The van der Waals surface area contributed by atoms with E-state index in [-0.39, 0.29) is 29.5 Å². The number of hydrogen-bond donors (Lipinski definition) is 2. The number of hydrogen-bond acceptors (Lipinski definition) is 7. The Labute approximate surface area is 244 Å². The Morgan fingerprint density at radius 1 is 1.02 bits per heavy atom. The van der Waals surface area contributed by atoms with Gasteiger partial charge in [0, 0.05) is 17.8 Å². The molecule has 3 aromatic carbocycles. The van der Waals surface area contributed by atoms with Gasteiger partial charge in [-0.05, 0) is 105 Å². The molecule has 0 atom stereocenters. The molecule has 1 heterocycles. The van der Waals surface area contributed by atoms with Gasteiger partial charge in [-0.25, -0.2) is 9.69 Å². The predicted octanol–water partition coefficient (Wildman–Crippen LogP) is 5.42. The molecule has 1 saturated heterocycles. The maximum Gasteiger partial charge on any atom is 0.335 e. The number of nitro benzene ring substituents is 1. The number of aryl methyl sites for hydroxylation is 2. The fourth-order valence-corrected chi connectivity index (χ4v) is 5.19. The maximum absolute atomic E-state index is 13.1. The maximum atomic E-state index is 13.1. The highest BCUT2D eigenvalue weighted by molar-refractivity contribution is 9.11. The number of anilines is 2. The number of benzene rings is 3. The summed E-state index contributed by atoms with van der Waals surface area (Å²) in [5.41, 5.74) is 2.69. The van der Waals surface area contributed by atoms with Gasteiger partial charge in [0.2, 0.25) is 0 Å². The summed E-state index contributed by atoms with van der Waals surface area (Å²) in [6, 6.07) is 12.5. The topological polar surface area (TPSA) is 148 Å². The van der Waals surface area contributed by atoms with Gasteiger partial charge in [-0.3, -0.25) is 29.8 Å². The van der Waals surface area contributed by atoms with E-state index in [0.29, 0.717) is 30.8 Å². The lowest BCUT2D eigenvalue weighted by Crippen LogP contribution is -2.54. The number of ether oxygens (including phenoxy) is 1. The van der Waals surface area contributed by atoms with E-state index in [2.05, 4.69) is 42.5 Å². The van der Waals surface area contributed by atoms with Gasteiger partial charge in [-0.15, -0.1) is 0 Å². The van der Waals surface area contributed by atoms with Crippen molar-refractivity contribution < 1.29 is 28.8 Å². The number of halogens is 2. The number of nitrogens with zero attached hydrogens (tertiary/aromatic N) is 2. The number of imide groups is 2. The summed E-state index contributed by atoms with van der Waals surface area (Å²) in [6.45, 7) is 3.64. The van der Waals surface area contributed by atoms with Gasteiger partial charge in [-0.2, -0.15) is 0 Å². The number of amides is 5. The first kappa shape index (κ1) is 28.6. The number of rotatable bonds is 7. The molecular formula is C27H20Br2N4O7. The number of nitrogens with one attached hydrogen (secondary N) is 2. The van der Waals surface area contributed by atoms with Crippen LogP contribution in [0.15, 0.2) is 69.1 Å². The van der Waals surface area contributed by atoms with Gasteiger partial charge in [0.25, 0.3) is 23.4 Å². The summed E-state index contributed by atoms with van der Waals surface area (Å²) in [5, 5.41) is 15.8. The predicted molar refractivity (Wildman–Crippen MR) is 154 cm³/mol. The highest BCUT2D eigenvalue weighted by Crippen LogP contribution is 2.36. The van der Waals surface area contributed by atoms with E-state index >= 15 is 0 Å². The first-order chi connectivity index (χ1) is 18.9. The van der Waals surface area contributed by atoms with Gasteiger partial charge >= 0.3 is 6.03 Å². The molecule has 11 nitrogen and oxygen atoms in total. The Morgan fingerprint density at radius 3 is 2.27 bits per heavy atom. The average Bonchev–Trinajstić information content (AvgIpc) is 2.88. The van der Waals surface area contributed by atoms with E-state index in [1.54, 1.807) is 18.2 Å². The summed E-state index contributed by atoms with van der Waals surface area (Å²) in [7, 11) is 0. The van der Waals surface area contributed by atoms with Crippen LogP contribution in [0.25, 0.3) is 6.08 Å². The van der Waals surface area contributed by atoms with Crippen molar-refractivity contribution in [2.24, 2.45) is 0 Å². The highest BCUT2D eigenvalue weighted by Gasteiger charge is 2.37. The second-order valence-corrected chi connectivity index (χ2v) is 10.4. The Bertz CT molecular complexity index is 1580. The largest absolute Gasteiger partial charge is 0.481 e. The van der Waals surface area contributed by atoms with Crippen LogP contribution < -0.4 is 20.3 Å². The SMILES string of the molecule is Cc1ccc(NC(=O)COc2c(Br)cc(/C=C3/C(=O)NC(=O)N(c4ccc([N+](=O)[O-])cc4)C3=O)cc2Br)cc1C. The number of carbonyl (C=O) groups excluding carboxylic acids is 4. The molecule has 0 radical (unpaired) electrons. The lowest BCUT2D eigenvalue weighted by molar-refractivity contribution is -0.384. The Kier molecular flexibility index (Phi) is 8.45. The molecular weight excluding hydrogens is 652 g/mol. The highest BCUT2D eigenvalue weighted by atomic mass is 79.9. The molecule has 5 amide bonds. The average molecular weight is 672 g/mol. The molecule has 0 unspecified atom stereocenters. The molecule has 1 aliphatic rings. The summed E-state index contributed by atoms with van der Waals surface area (Å²) in [4.78, 5) is 61.5. The molecule has 204 valence electrons. The van der Waals surface area contributed by atoms with Crippen LogP contribution in [0.4, 0.5) is 21.9 Å². The zero-order valence-electron chi connectivity index (χ0n) is 21.0. The molecule has 0 aliphatic carbocycles.